The molecule has 1 fully saturated rings. The second kappa shape index (κ2) is 5.07. The Balaban J connectivity index is 1.79. The quantitative estimate of drug-likeness (QED) is 0.896. The predicted molar refractivity (Wildman–Crippen MR) is 78.8 cm³/mol. The van der Waals surface area contributed by atoms with Crippen LogP contribution in [0.2, 0.25) is 5.02 Å². The summed E-state index contributed by atoms with van der Waals surface area (Å²) in [5.41, 5.74) is 0.863. The first kappa shape index (κ1) is 12.8. The Morgan fingerprint density at radius 3 is 3.16 bits per heavy atom. The minimum Gasteiger partial charge on any atom is -0.313 e. The second-order valence-corrected chi connectivity index (χ2v) is 6.23. The topological polar surface area (TPSA) is 54.0 Å². The molecule has 1 aliphatic heterocycles. The highest BCUT2D eigenvalue weighted by Gasteiger charge is 2.29. The van der Waals surface area contributed by atoms with E-state index in [2.05, 4.69) is 15.6 Å². The van der Waals surface area contributed by atoms with Crippen molar-refractivity contribution in [1.82, 2.24) is 10.3 Å². The van der Waals surface area contributed by atoms with E-state index < -0.39 is 0 Å². The molecule has 2 aromatic rings. The number of benzene rings is 1. The van der Waals surface area contributed by atoms with Crippen LogP contribution in [0.15, 0.2) is 18.2 Å². The van der Waals surface area contributed by atoms with Crippen LogP contribution < -0.4 is 10.6 Å². The van der Waals surface area contributed by atoms with Gasteiger partial charge in [-0.1, -0.05) is 22.9 Å². The first-order chi connectivity index (χ1) is 9.13. The minimum absolute atomic E-state index is 0.0237. The molecule has 2 atom stereocenters. The maximum Gasteiger partial charge on any atom is 0.230 e. The number of thiazole rings is 1. The van der Waals surface area contributed by atoms with Gasteiger partial charge in [-0.05, 0) is 38.1 Å². The number of rotatable bonds is 2. The number of halogens is 1. The zero-order valence-electron chi connectivity index (χ0n) is 10.4. The number of fused-ring (bicyclic) bond motifs is 1. The molecule has 0 spiro atoms. The monoisotopic (exact) mass is 295 g/mol. The van der Waals surface area contributed by atoms with E-state index >= 15 is 0 Å². The summed E-state index contributed by atoms with van der Waals surface area (Å²) in [4.78, 5) is 16.6. The normalized spacial score (nSPS) is 22.8. The lowest BCUT2D eigenvalue weighted by molar-refractivity contribution is -0.119. The summed E-state index contributed by atoms with van der Waals surface area (Å²) in [5, 5.41) is 7.51. The Kier molecular flexibility index (Phi) is 3.43. The lowest BCUT2D eigenvalue weighted by Gasteiger charge is -2.13. The van der Waals surface area contributed by atoms with E-state index in [1.807, 2.05) is 19.1 Å². The molecule has 6 heteroatoms. The number of carbonyl (C=O) groups is 1. The van der Waals surface area contributed by atoms with Gasteiger partial charge in [0.25, 0.3) is 0 Å². The fraction of sp³-hybridized carbons (Fsp3) is 0.385. The maximum atomic E-state index is 12.2. The summed E-state index contributed by atoms with van der Waals surface area (Å²) in [6, 6.07) is 5.76. The van der Waals surface area contributed by atoms with Crippen molar-refractivity contribution < 1.29 is 4.79 Å². The van der Waals surface area contributed by atoms with E-state index in [4.69, 9.17) is 11.6 Å². The number of anilines is 1. The first-order valence-corrected chi connectivity index (χ1v) is 7.43. The van der Waals surface area contributed by atoms with Gasteiger partial charge in [0.05, 0.1) is 16.1 Å². The van der Waals surface area contributed by atoms with E-state index in [0.29, 0.717) is 10.2 Å². The van der Waals surface area contributed by atoms with Gasteiger partial charge in [0.1, 0.15) is 0 Å². The van der Waals surface area contributed by atoms with E-state index in [-0.39, 0.29) is 17.9 Å². The fourth-order valence-corrected chi connectivity index (χ4v) is 3.51. The van der Waals surface area contributed by atoms with Gasteiger partial charge in [0.2, 0.25) is 5.91 Å². The Morgan fingerprint density at radius 2 is 2.42 bits per heavy atom. The Hall–Kier alpha value is -1.17. The van der Waals surface area contributed by atoms with Crippen LogP contribution in [0.1, 0.15) is 13.3 Å². The molecule has 0 radical (unpaired) electrons. The van der Waals surface area contributed by atoms with Gasteiger partial charge < -0.3 is 10.6 Å². The summed E-state index contributed by atoms with van der Waals surface area (Å²) in [6.45, 7) is 2.93. The molecular formula is C13H14ClN3OS. The molecule has 2 heterocycles. The van der Waals surface area contributed by atoms with Crippen LogP contribution in [0.25, 0.3) is 10.2 Å². The molecule has 1 aromatic carbocycles. The fourth-order valence-electron chi connectivity index (χ4n) is 2.37. The molecule has 100 valence electrons. The van der Waals surface area contributed by atoms with Gasteiger partial charge in [-0.2, -0.15) is 0 Å². The molecule has 4 nitrogen and oxygen atoms in total. The number of carbonyl (C=O) groups excluding carboxylic acids is 1. The Morgan fingerprint density at radius 1 is 1.58 bits per heavy atom. The summed E-state index contributed by atoms with van der Waals surface area (Å²) < 4.78 is 0.986. The number of amides is 1. The summed E-state index contributed by atoms with van der Waals surface area (Å²) in [6.07, 6.45) is 0.879. The van der Waals surface area contributed by atoms with Crippen LogP contribution in [0.5, 0.6) is 0 Å². The van der Waals surface area contributed by atoms with Gasteiger partial charge in [0, 0.05) is 11.1 Å². The molecule has 0 aliphatic carbocycles. The third-order valence-electron chi connectivity index (χ3n) is 3.44. The van der Waals surface area contributed by atoms with Crippen LogP contribution in [0.4, 0.5) is 5.13 Å². The standard InChI is InChI=1S/C13H14ClN3OS/c1-7-9(4-5-15-7)12(18)17-13-16-10-3-2-8(14)6-11(10)19-13/h2-3,6-7,9,15H,4-5H2,1H3,(H,16,17,18). The highest BCUT2D eigenvalue weighted by atomic mass is 35.5. The highest BCUT2D eigenvalue weighted by Crippen LogP contribution is 2.29. The van der Waals surface area contributed by atoms with E-state index in [0.717, 1.165) is 23.2 Å². The van der Waals surface area contributed by atoms with E-state index in [1.165, 1.54) is 11.3 Å². The van der Waals surface area contributed by atoms with Crippen molar-refractivity contribution in [3.63, 3.8) is 0 Å². The molecular weight excluding hydrogens is 282 g/mol. The third kappa shape index (κ3) is 2.59. The molecule has 1 amide bonds. The molecule has 2 N–H and O–H groups in total. The van der Waals surface area contributed by atoms with Crippen LogP contribution in [0, 0.1) is 5.92 Å². The Bertz CT molecular complexity index is 627. The number of aromatic nitrogens is 1. The molecule has 1 aromatic heterocycles. The SMILES string of the molecule is CC1NCCC1C(=O)Nc1nc2ccc(Cl)cc2s1. The lowest BCUT2D eigenvalue weighted by atomic mass is 10.0. The zero-order chi connectivity index (χ0) is 13.4. The predicted octanol–water partition coefficient (Wildman–Crippen LogP) is 2.89. The van der Waals surface area contributed by atoms with Gasteiger partial charge in [-0.25, -0.2) is 4.98 Å². The summed E-state index contributed by atoms with van der Waals surface area (Å²) in [7, 11) is 0. The van der Waals surface area contributed by atoms with Crippen molar-refractivity contribution in [2.75, 3.05) is 11.9 Å². The number of nitrogens with zero attached hydrogens (tertiary/aromatic N) is 1. The molecule has 0 saturated carbocycles. The molecule has 2 unspecified atom stereocenters. The van der Waals surface area contributed by atoms with Crippen LogP contribution in [-0.4, -0.2) is 23.5 Å². The van der Waals surface area contributed by atoms with Crippen LogP contribution >= 0.6 is 22.9 Å². The van der Waals surface area contributed by atoms with E-state index in [9.17, 15) is 4.79 Å². The first-order valence-electron chi connectivity index (χ1n) is 6.24. The van der Waals surface area contributed by atoms with Gasteiger partial charge >= 0.3 is 0 Å². The van der Waals surface area contributed by atoms with Crippen LogP contribution in [0.3, 0.4) is 0 Å². The maximum absolute atomic E-state index is 12.2. The van der Waals surface area contributed by atoms with Crippen molar-refractivity contribution in [3.05, 3.63) is 23.2 Å². The molecule has 0 bridgehead atoms. The smallest absolute Gasteiger partial charge is 0.230 e. The zero-order valence-corrected chi connectivity index (χ0v) is 12.0. The van der Waals surface area contributed by atoms with Gasteiger partial charge in [0.15, 0.2) is 5.13 Å². The number of hydrogen-bond acceptors (Lipinski definition) is 4. The summed E-state index contributed by atoms with van der Waals surface area (Å²) in [5.74, 6) is 0.0678. The highest BCUT2D eigenvalue weighted by molar-refractivity contribution is 7.22. The van der Waals surface area contributed by atoms with Crippen molar-refractivity contribution >= 4 is 44.2 Å². The van der Waals surface area contributed by atoms with Gasteiger partial charge in [-0.15, -0.1) is 0 Å². The Labute approximate surface area is 120 Å². The number of nitrogens with one attached hydrogen (secondary N) is 2. The third-order valence-corrected chi connectivity index (χ3v) is 4.61. The van der Waals surface area contributed by atoms with Crippen molar-refractivity contribution in [2.24, 2.45) is 5.92 Å². The minimum atomic E-state index is 0.0237. The van der Waals surface area contributed by atoms with Crippen LogP contribution in [-0.2, 0) is 4.79 Å². The van der Waals surface area contributed by atoms with Crippen molar-refractivity contribution in [2.45, 2.75) is 19.4 Å². The average molecular weight is 296 g/mol. The molecule has 19 heavy (non-hydrogen) atoms. The molecule has 1 aliphatic rings. The molecule has 1 saturated heterocycles. The molecule has 3 rings (SSSR count). The summed E-state index contributed by atoms with van der Waals surface area (Å²) >= 11 is 7.39. The van der Waals surface area contributed by atoms with Crippen molar-refractivity contribution in [1.29, 1.82) is 0 Å². The average Bonchev–Trinajstić information content (AvgIpc) is 2.94. The van der Waals surface area contributed by atoms with Crippen molar-refractivity contribution in [3.8, 4) is 0 Å². The van der Waals surface area contributed by atoms with Gasteiger partial charge in [-0.3, -0.25) is 4.79 Å². The largest absolute Gasteiger partial charge is 0.313 e. The van der Waals surface area contributed by atoms with E-state index in [1.54, 1.807) is 6.07 Å². The lowest BCUT2D eigenvalue weighted by Crippen LogP contribution is -2.31. The second-order valence-electron chi connectivity index (χ2n) is 4.76. The number of hydrogen-bond donors (Lipinski definition) is 2.